The van der Waals surface area contributed by atoms with Gasteiger partial charge in [-0.05, 0) is 23.8 Å². The van der Waals surface area contributed by atoms with Gasteiger partial charge in [0.25, 0.3) is 5.91 Å². The summed E-state index contributed by atoms with van der Waals surface area (Å²) in [5.74, 6) is -1.42. The first kappa shape index (κ1) is 17.2. The van der Waals surface area contributed by atoms with Crippen LogP contribution in [0.4, 0.5) is 5.69 Å². The Balaban J connectivity index is 2.10. The van der Waals surface area contributed by atoms with E-state index in [1.54, 1.807) is 30.3 Å². The maximum atomic E-state index is 12.2. The zero-order chi connectivity index (χ0) is 17.0. The average molecular weight is 350 g/mol. The van der Waals surface area contributed by atoms with Crippen LogP contribution in [0.15, 0.2) is 29.2 Å². The van der Waals surface area contributed by atoms with E-state index in [2.05, 4.69) is 5.32 Å². The predicted octanol–water partition coefficient (Wildman–Crippen LogP) is 2.32. The van der Waals surface area contributed by atoms with Crippen molar-refractivity contribution >= 4 is 57.8 Å². The van der Waals surface area contributed by atoms with Crippen molar-refractivity contribution in [1.29, 1.82) is 0 Å². The summed E-state index contributed by atoms with van der Waals surface area (Å²) in [6, 6.07) is 7.01. The smallest absolute Gasteiger partial charge is 0.305 e. The highest BCUT2D eigenvalue weighted by Gasteiger charge is 2.31. The van der Waals surface area contributed by atoms with Gasteiger partial charge in [0, 0.05) is 19.2 Å². The third kappa shape index (κ3) is 4.64. The lowest BCUT2D eigenvalue weighted by molar-refractivity contribution is -0.137. The van der Waals surface area contributed by atoms with Crippen molar-refractivity contribution in [2.75, 3.05) is 11.9 Å². The zero-order valence-corrected chi connectivity index (χ0v) is 13.9. The van der Waals surface area contributed by atoms with Crippen LogP contribution < -0.4 is 5.32 Å². The van der Waals surface area contributed by atoms with Crippen LogP contribution in [-0.2, 0) is 14.4 Å². The number of hydrogen-bond acceptors (Lipinski definition) is 5. The van der Waals surface area contributed by atoms with Crippen LogP contribution in [0.3, 0.4) is 0 Å². The fourth-order valence-electron chi connectivity index (χ4n) is 1.92. The summed E-state index contributed by atoms with van der Waals surface area (Å²) < 4.78 is 0.359. The van der Waals surface area contributed by atoms with Gasteiger partial charge in [-0.15, -0.1) is 0 Å². The van der Waals surface area contributed by atoms with Crippen molar-refractivity contribution < 1.29 is 19.5 Å². The molecular formula is C15H14N2O4S2. The van der Waals surface area contributed by atoms with Crippen molar-refractivity contribution in [2.24, 2.45) is 0 Å². The molecule has 0 aliphatic carbocycles. The number of carbonyl (C=O) groups excluding carboxylic acids is 2. The summed E-state index contributed by atoms with van der Waals surface area (Å²) in [4.78, 5) is 35.6. The summed E-state index contributed by atoms with van der Waals surface area (Å²) in [5, 5.41) is 11.4. The summed E-state index contributed by atoms with van der Waals surface area (Å²) in [6.45, 7) is 1.50. The third-order valence-corrected chi connectivity index (χ3v) is 4.33. The fourth-order valence-corrected chi connectivity index (χ4v) is 3.23. The SMILES string of the molecule is CC(=O)Nc1ccc(/C=C2\SC(=S)N(CCC(=O)O)C2=O)cc1. The molecule has 1 heterocycles. The Morgan fingerprint density at radius 1 is 1.35 bits per heavy atom. The second-order valence-corrected chi connectivity index (χ2v) is 6.46. The zero-order valence-electron chi connectivity index (χ0n) is 12.2. The Hall–Kier alpha value is -2.19. The molecule has 23 heavy (non-hydrogen) atoms. The molecule has 120 valence electrons. The lowest BCUT2D eigenvalue weighted by Crippen LogP contribution is -2.30. The Morgan fingerprint density at radius 3 is 2.57 bits per heavy atom. The van der Waals surface area contributed by atoms with E-state index in [1.807, 2.05) is 0 Å². The van der Waals surface area contributed by atoms with Crippen LogP contribution in [0.1, 0.15) is 18.9 Å². The van der Waals surface area contributed by atoms with Crippen LogP contribution >= 0.6 is 24.0 Å². The highest BCUT2D eigenvalue weighted by molar-refractivity contribution is 8.26. The lowest BCUT2D eigenvalue weighted by atomic mass is 10.2. The number of rotatable bonds is 5. The number of carbonyl (C=O) groups is 3. The van der Waals surface area contributed by atoms with E-state index >= 15 is 0 Å². The van der Waals surface area contributed by atoms with Gasteiger partial charge in [-0.25, -0.2) is 0 Å². The minimum Gasteiger partial charge on any atom is -0.481 e. The Labute approximate surface area is 142 Å². The number of anilines is 1. The van der Waals surface area contributed by atoms with Gasteiger partial charge in [-0.3, -0.25) is 19.3 Å². The van der Waals surface area contributed by atoms with Crippen LogP contribution in [0.5, 0.6) is 0 Å². The van der Waals surface area contributed by atoms with Gasteiger partial charge >= 0.3 is 5.97 Å². The number of nitrogens with zero attached hydrogens (tertiary/aromatic N) is 1. The van der Waals surface area contributed by atoms with Crippen molar-refractivity contribution in [3.05, 3.63) is 34.7 Å². The molecule has 0 saturated carbocycles. The van der Waals surface area contributed by atoms with E-state index in [9.17, 15) is 14.4 Å². The van der Waals surface area contributed by atoms with Gasteiger partial charge in [0.1, 0.15) is 4.32 Å². The molecule has 0 atom stereocenters. The first-order chi connectivity index (χ1) is 10.9. The maximum Gasteiger partial charge on any atom is 0.305 e. The first-order valence-electron chi connectivity index (χ1n) is 6.71. The van der Waals surface area contributed by atoms with Gasteiger partial charge in [0.05, 0.1) is 11.3 Å². The molecule has 1 aliphatic rings. The number of carboxylic acid groups (broad SMARTS) is 1. The number of hydrogen-bond donors (Lipinski definition) is 2. The summed E-state index contributed by atoms with van der Waals surface area (Å²) >= 11 is 6.27. The number of benzene rings is 1. The summed E-state index contributed by atoms with van der Waals surface area (Å²) in [5.41, 5.74) is 1.46. The quantitative estimate of drug-likeness (QED) is 0.626. The highest BCUT2D eigenvalue weighted by Crippen LogP contribution is 2.32. The standard InChI is InChI=1S/C15H14N2O4S2/c1-9(18)16-11-4-2-10(3-5-11)8-12-14(21)17(15(22)23-12)7-6-13(19)20/h2-5,8H,6-7H2,1H3,(H,16,18)(H,19,20)/b12-8-. The molecule has 0 unspecified atom stereocenters. The lowest BCUT2D eigenvalue weighted by Gasteiger charge is -2.12. The topological polar surface area (TPSA) is 86.7 Å². The molecule has 1 aromatic carbocycles. The van der Waals surface area contributed by atoms with E-state index in [0.717, 1.165) is 17.3 Å². The van der Waals surface area contributed by atoms with Gasteiger partial charge in [-0.1, -0.05) is 36.1 Å². The molecule has 1 aliphatic heterocycles. The number of amides is 2. The Kier molecular flexibility index (Phi) is 5.51. The molecule has 1 aromatic rings. The number of thioether (sulfide) groups is 1. The predicted molar refractivity (Wildman–Crippen MR) is 92.9 cm³/mol. The molecule has 0 spiro atoms. The molecular weight excluding hydrogens is 336 g/mol. The summed E-state index contributed by atoms with van der Waals surface area (Å²) in [6.07, 6.45) is 1.54. The minimum atomic E-state index is -0.975. The number of thiocarbonyl (C=S) groups is 1. The second-order valence-electron chi connectivity index (χ2n) is 4.78. The molecule has 1 fully saturated rings. The molecule has 0 bridgehead atoms. The van der Waals surface area contributed by atoms with Crippen LogP contribution in [0.25, 0.3) is 6.08 Å². The normalized spacial score (nSPS) is 16.0. The number of aliphatic carboxylic acids is 1. The second kappa shape index (κ2) is 7.38. The van der Waals surface area contributed by atoms with E-state index in [4.69, 9.17) is 17.3 Å². The Morgan fingerprint density at radius 2 is 2.00 bits per heavy atom. The summed E-state index contributed by atoms with van der Waals surface area (Å²) in [7, 11) is 0. The highest BCUT2D eigenvalue weighted by atomic mass is 32.2. The largest absolute Gasteiger partial charge is 0.481 e. The molecule has 0 radical (unpaired) electrons. The van der Waals surface area contributed by atoms with Crippen molar-refractivity contribution in [2.45, 2.75) is 13.3 Å². The van der Waals surface area contributed by atoms with E-state index in [0.29, 0.717) is 14.9 Å². The van der Waals surface area contributed by atoms with Crippen molar-refractivity contribution in [1.82, 2.24) is 4.90 Å². The average Bonchev–Trinajstić information content (AvgIpc) is 2.73. The molecule has 0 aromatic heterocycles. The monoisotopic (exact) mass is 350 g/mol. The molecule has 1 saturated heterocycles. The van der Waals surface area contributed by atoms with Gasteiger partial charge in [0.2, 0.25) is 5.91 Å². The van der Waals surface area contributed by atoms with Crippen LogP contribution in [0, 0.1) is 0 Å². The molecule has 2 N–H and O–H groups in total. The van der Waals surface area contributed by atoms with E-state index in [1.165, 1.54) is 11.8 Å². The number of carboxylic acids is 1. The Bertz CT molecular complexity index is 698. The van der Waals surface area contributed by atoms with Crippen molar-refractivity contribution in [3.8, 4) is 0 Å². The fraction of sp³-hybridized carbons (Fsp3) is 0.200. The van der Waals surface area contributed by atoms with Gasteiger partial charge < -0.3 is 10.4 Å². The van der Waals surface area contributed by atoms with E-state index in [-0.39, 0.29) is 24.8 Å². The van der Waals surface area contributed by atoms with Crippen LogP contribution in [0.2, 0.25) is 0 Å². The number of nitrogens with one attached hydrogen (secondary N) is 1. The molecule has 2 rings (SSSR count). The molecule has 8 heteroatoms. The van der Waals surface area contributed by atoms with Crippen molar-refractivity contribution in [3.63, 3.8) is 0 Å². The maximum absolute atomic E-state index is 12.2. The minimum absolute atomic E-state index is 0.0683. The van der Waals surface area contributed by atoms with Gasteiger partial charge in [-0.2, -0.15) is 0 Å². The van der Waals surface area contributed by atoms with E-state index < -0.39 is 5.97 Å². The molecule has 6 nitrogen and oxygen atoms in total. The first-order valence-corrected chi connectivity index (χ1v) is 7.94. The van der Waals surface area contributed by atoms with Gasteiger partial charge in [0.15, 0.2) is 0 Å². The molecule has 2 amide bonds. The third-order valence-electron chi connectivity index (χ3n) is 2.95. The van der Waals surface area contributed by atoms with Crippen LogP contribution in [-0.4, -0.2) is 38.7 Å².